The highest BCUT2D eigenvalue weighted by Crippen LogP contribution is 2.30. The number of hydrazone groups is 1. The van der Waals surface area contributed by atoms with Crippen LogP contribution in [0.3, 0.4) is 0 Å². The molecule has 0 saturated heterocycles. The molecule has 0 unspecified atom stereocenters. The molecular weight excluding hydrogens is 384 g/mol. The van der Waals surface area contributed by atoms with Gasteiger partial charge in [-0.25, -0.2) is 10.4 Å². The molecule has 0 aliphatic heterocycles. The fraction of sp³-hybridized carbons (Fsp3) is 0.0909. The number of nitrogens with one attached hydrogen (secondary N) is 1. The van der Waals surface area contributed by atoms with E-state index < -0.39 is 5.91 Å². The number of thiophene rings is 1. The standard InChI is InChI=1S/C22H18N4O2S/c1-15-7-9-16(10-8-15)12-24-25-20(27)13-26-14-23-21-18(22(26)28)11-19(29-21)17-5-3-2-4-6-17/h2-12,14H,13H2,1H3,(H,25,27)/b24-12+. The van der Waals surface area contributed by atoms with Crippen molar-refractivity contribution >= 4 is 33.7 Å². The van der Waals surface area contributed by atoms with Gasteiger partial charge >= 0.3 is 0 Å². The highest BCUT2D eigenvalue weighted by atomic mass is 32.1. The number of carbonyl (C=O) groups excluding carboxylic acids is 1. The molecule has 2 aromatic carbocycles. The molecule has 0 spiro atoms. The van der Waals surface area contributed by atoms with Crippen LogP contribution in [0.15, 0.2) is 76.9 Å². The van der Waals surface area contributed by atoms with Crippen molar-refractivity contribution in [1.82, 2.24) is 15.0 Å². The summed E-state index contributed by atoms with van der Waals surface area (Å²) in [5, 5.41) is 4.45. The van der Waals surface area contributed by atoms with Gasteiger partial charge in [-0.05, 0) is 24.1 Å². The molecule has 144 valence electrons. The summed E-state index contributed by atoms with van der Waals surface area (Å²) in [7, 11) is 0. The molecule has 2 aromatic heterocycles. The summed E-state index contributed by atoms with van der Waals surface area (Å²) in [5.74, 6) is -0.393. The molecular formula is C22H18N4O2S. The van der Waals surface area contributed by atoms with Crippen LogP contribution in [0.25, 0.3) is 20.7 Å². The van der Waals surface area contributed by atoms with Gasteiger partial charge in [0.1, 0.15) is 11.4 Å². The van der Waals surface area contributed by atoms with Crippen molar-refractivity contribution in [3.63, 3.8) is 0 Å². The van der Waals surface area contributed by atoms with E-state index in [1.165, 1.54) is 22.2 Å². The van der Waals surface area contributed by atoms with E-state index in [1.807, 2.05) is 67.6 Å². The molecule has 0 fully saturated rings. The van der Waals surface area contributed by atoms with Gasteiger partial charge in [-0.15, -0.1) is 11.3 Å². The quantitative estimate of drug-likeness (QED) is 0.409. The zero-order chi connectivity index (χ0) is 20.2. The lowest BCUT2D eigenvalue weighted by Gasteiger charge is -2.03. The van der Waals surface area contributed by atoms with Gasteiger partial charge in [-0.2, -0.15) is 5.10 Å². The molecule has 4 aromatic rings. The average Bonchev–Trinajstić information content (AvgIpc) is 3.18. The summed E-state index contributed by atoms with van der Waals surface area (Å²) in [4.78, 5) is 30.9. The van der Waals surface area contributed by atoms with E-state index in [9.17, 15) is 9.59 Å². The topological polar surface area (TPSA) is 76.3 Å². The zero-order valence-electron chi connectivity index (χ0n) is 15.7. The summed E-state index contributed by atoms with van der Waals surface area (Å²) in [5.41, 5.74) is 5.26. The molecule has 1 N–H and O–H groups in total. The fourth-order valence-corrected chi connectivity index (χ4v) is 3.83. The average molecular weight is 402 g/mol. The molecule has 0 bridgehead atoms. The first kappa shape index (κ1) is 18.8. The third-order valence-corrected chi connectivity index (χ3v) is 5.46. The van der Waals surface area contributed by atoms with Crippen molar-refractivity contribution in [1.29, 1.82) is 0 Å². The summed E-state index contributed by atoms with van der Waals surface area (Å²) in [6.07, 6.45) is 2.96. The van der Waals surface area contributed by atoms with Gasteiger partial charge in [0.05, 0.1) is 17.9 Å². The number of aromatic nitrogens is 2. The van der Waals surface area contributed by atoms with E-state index in [0.29, 0.717) is 10.2 Å². The molecule has 0 atom stereocenters. The number of rotatable bonds is 5. The number of amides is 1. The van der Waals surface area contributed by atoms with Gasteiger partial charge < -0.3 is 0 Å². The van der Waals surface area contributed by atoms with Crippen LogP contribution >= 0.6 is 11.3 Å². The molecule has 4 rings (SSSR count). The number of nitrogens with zero attached hydrogens (tertiary/aromatic N) is 3. The maximum Gasteiger partial charge on any atom is 0.262 e. The number of hydrogen-bond acceptors (Lipinski definition) is 5. The third kappa shape index (κ3) is 4.30. The first-order valence-electron chi connectivity index (χ1n) is 9.03. The lowest BCUT2D eigenvalue weighted by atomic mass is 10.2. The van der Waals surface area contributed by atoms with E-state index in [0.717, 1.165) is 21.6 Å². The SMILES string of the molecule is Cc1ccc(/C=N/NC(=O)Cn2cnc3sc(-c4ccccc4)cc3c2=O)cc1. The van der Waals surface area contributed by atoms with Crippen LogP contribution in [0.2, 0.25) is 0 Å². The van der Waals surface area contributed by atoms with Crippen molar-refractivity contribution in [3.05, 3.63) is 88.5 Å². The third-order valence-electron chi connectivity index (χ3n) is 4.37. The van der Waals surface area contributed by atoms with Crippen molar-refractivity contribution in [2.75, 3.05) is 0 Å². The molecule has 2 heterocycles. The molecule has 6 nitrogen and oxygen atoms in total. The van der Waals surface area contributed by atoms with Crippen molar-refractivity contribution in [2.24, 2.45) is 5.10 Å². The van der Waals surface area contributed by atoms with E-state index in [4.69, 9.17) is 0 Å². The van der Waals surface area contributed by atoms with Gasteiger partial charge in [0, 0.05) is 4.88 Å². The van der Waals surface area contributed by atoms with Crippen LogP contribution < -0.4 is 11.0 Å². The van der Waals surface area contributed by atoms with E-state index in [2.05, 4.69) is 15.5 Å². The molecule has 29 heavy (non-hydrogen) atoms. The Hall–Kier alpha value is -3.58. The van der Waals surface area contributed by atoms with Gasteiger partial charge in [0.15, 0.2) is 0 Å². The predicted octanol–water partition coefficient (Wildman–Crippen LogP) is 3.58. The van der Waals surface area contributed by atoms with Gasteiger partial charge in [0.2, 0.25) is 0 Å². The number of aryl methyl sites for hydroxylation is 1. The Balaban J connectivity index is 1.49. The smallest absolute Gasteiger partial charge is 0.262 e. The molecule has 0 aliphatic carbocycles. The molecule has 1 amide bonds. The van der Waals surface area contributed by atoms with Gasteiger partial charge in [-0.1, -0.05) is 60.2 Å². The second-order valence-corrected chi connectivity index (χ2v) is 7.61. The van der Waals surface area contributed by atoms with E-state index >= 15 is 0 Å². The minimum Gasteiger partial charge on any atom is -0.289 e. The van der Waals surface area contributed by atoms with Crippen LogP contribution in [0, 0.1) is 6.92 Å². The maximum atomic E-state index is 12.7. The highest BCUT2D eigenvalue weighted by Gasteiger charge is 2.12. The van der Waals surface area contributed by atoms with Gasteiger partial charge in [-0.3, -0.25) is 14.2 Å². The second-order valence-electron chi connectivity index (χ2n) is 6.58. The Morgan fingerprint density at radius 3 is 2.69 bits per heavy atom. The highest BCUT2D eigenvalue weighted by molar-refractivity contribution is 7.21. The van der Waals surface area contributed by atoms with Crippen LogP contribution in [0.4, 0.5) is 0 Å². The van der Waals surface area contributed by atoms with Crippen molar-refractivity contribution in [2.45, 2.75) is 13.5 Å². The van der Waals surface area contributed by atoms with Crippen molar-refractivity contribution < 1.29 is 4.79 Å². The predicted molar refractivity (Wildman–Crippen MR) is 116 cm³/mol. The van der Waals surface area contributed by atoms with Crippen LogP contribution in [0.1, 0.15) is 11.1 Å². The second kappa shape index (κ2) is 8.20. The maximum absolute atomic E-state index is 12.7. The van der Waals surface area contributed by atoms with E-state index in [-0.39, 0.29) is 12.1 Å². The minimum atomic E-state index is -0.393. The number of hydrogen-bond donors (Lipinski definition) is 1. The van der Waals surface area contributed by atoms with Gasteiger partial charge in [0.25, 0.3) is 11.5 Å². The van der Waals surface area contributed by atoms with E-state index in [1.54, 1.807) is 6.21 Å². The first-order chi connectivity index (χ1) is 14.1. The summed E-state index contributed by atoms with van der Waals surface area (Å²) >= 11 is 1.46. The molecule has 7 heteroatoms. The monoisotopic (exact) mass is 402 g/mol. The number of benzene rings is 2. The first-order valence-corrected chi connectivity index (χ1v) is 9.85. The minimum absolute atomic E-state index is 0.149. The summed E-state index contributed by atoms with van der Waals surface area (Å²) < 4.78 is 1.29. The number of fused-ring (bicyclic) bond motifs is 1. The van der Waals surface area contributed by atoms with Crippen LogP contribution in [-0.4, -0.2) is 21.7 Å². The summed E-state index contributed by atoms with van der Waals surface area (Å²) in [6, 6.07) is 19.4. The Morgan fingerprint density at radius 1 is 1.17 bits per heavy atom. The Kier molecular flexibility index (Phi) is 5.31. The number of carbonyl (C=O) groups is 1. The molecule has 0 saturated carbocycles. The normalized spacial score (nSPS) is 11.2. The van der Waals surface area contributed by atoms with Crippen LogP contribution in [0.5, 0.6) is 0 Å². The molecule has 0 aliphatic rings. The largest absolute Gasteiger partial charge is 0.289 e. The lowest BCUT2D eigenvalue weighted by molar-refractivity contribution is -0.121. The Bertz CT molecular complexity index is 1240. The fourth-order valence-electron chi connectivity index (χ4n) is 2.84. The zero-order valence-corrected chi connectivity index (χ0v) is 16.5. The molecule has 0 radical (unpaired) electrons. The van der Waals surface area contributed by atoms with Crippen LogP contribution in [-0.2, 0) is 11.3 Å². The Labute approximate surface area is 171 Å². The van der Waals surface area contributed by atoms with Crippen molar-refractivity contribution in [3.8, 4) is 10.4 Å². The summed E-state index contributed by atoms with van der Waals surface area (Å²) in [6.45, 7) is 1.85. The Morgan fingerprint density at radius 2 is 1.93 bits per heavy atom. The lowest BCUT2D eigenvalue weighted by Crippen LogP contribution is -2.29.